The predicted octanol–water partition coefficient (Wildman–Crippen LogP) is -0.158. The number of aromatic hydroxyl groups is 1. The summed E-state index contributed by atoms with van der Waals surface area (Å²) in [5.74, 6) is -1.05. The summed E-state index contributed by atoms with van der Waals surface area (Å²) in [4.78, 5) is 41.0. The lowest BCUT2D eigenvalue weighted by atomic mass is 10.1. The van der Waals surface area contributed by atoms with E-state index in [1.54, 1.807) is 28.0 Å². The van der Waals surface area contributed by atoms with Gasteiger partial charge in [-0.1, -0.05) is 12.1 Å². The van der Waals surface area contributed by atoms with E-state index < -0.39 is 15.9 Å². The van der Waals surface area contributed by atoms with Crippen LogP contribution in [0.15, 0.2) is 29.4 Å². The van der Waals surface area contributed by atoms with Crippen molar-refractivity contribution < 1.29 is 27.9 Å². The van der Waals surface area contributed by atoms with Crippen LogP contribution in [0.5, 0.6) is 5.75 Å². The van der Waals surface area contributed by atoms with Gasteiger partial charge in [0.2, 0.25) is 5.91 Å². The summed E-state index contributed by atoms with van der Waals surface area (Å²) in [5.41, 5.74) is 0.462. The van der Waals surface area contributed by atoms with Gasteiger partial charge in [-0.25, -0.2) is 13.4 Å². The molecule has 3 aliphatic rings. The molecule has 10 nitrogen and oxygen atoms in total. The molecule has 0 spiro atoms. The molecule has 0 aromatic heterocycles. The van der Waals surface area contributed by atoms with Crippen LogP contribution in [-0.2, 0) is 19.4 Å². The molecule has 0 aliphatic carbocycles. The largest absolute Gasteiger partial charge is 0.507 e. The highest BCUT2D eigenvalue weighted by Crippen LogP contribution is 2.23. The van der Waals surface area contributed by atoms with E-state index in [0.29, 0.717) is 32.6 Å². The van der Waals surface area contributed by atoms with Crippen molar-refractivity contribution in [3.05, 3.63) is 29.8 Å². The maximum Gasteiger partial charge on any atom is 0.270 e. The molecule has 1 aromatic rings. The number of piperazine rings is 1. The monoisotopic (exact) mass is 448 g/mol. The molecule has 1 aromatic carbocycles. The van der Waals surface area contributed by atoms with Crippen molar-refractivity contribution >= 4 is 33.3 Å². The van der Waals surface area contributed by atoms with Gasteiger partial charge in [-0.05, 0) is 18.6 Å². The van der Waals surface area contributed by atoms with Crippen molar-refractivity contribution in [1.82, 2.24) is 14.8 Å². The van der Waals surface area contributed by atoms with Gasteiger partial charge in [-0.3, -0.25) is 14.4 Å². The third-order valence-corrected chi connectivity index (χ3v) is 7.60. The van der Waals surface area contributed by atoms with E-state index in [0.717, 1.165) is 0 Å². The van der Waals surface area contributed by atoms with Crippen LogP contribution in [0.3, 0.4) is 0 Å². The number of benzene rings is 1. The van der Waals surface area contributed by atoms with Crippen LogP contribution < -0.4 is 0 Å². The van der Waals surface area contributed by atoms with Crippen molar-refractivity contribution in [2.45, 2.75) is 25.3 Å². The predicted molar refractivity (Wildman–Crippen MR) is 111 cm³/mol. The number of sulfone groups is 1. The number of para-hydroxylation sites is 1. The summed E-state index contributed by atoms with van der Waals surface area (Å²) < 4.78 is 23.5. The van der Waals surface area contributed by atoms with Gasteiger partial charge < -0.3 is 14.9 Å². The van der Waals surface area contributed by atoms with Crippen molar-refractivity contribution in [1.29, 1.82) is 0 Å². The number of phenols is 1. The SMILES string of the molecule is O=C(C1=NN(C2CCS(=O)(=O)C2)C(=O)CC1)N1CCN(C(=O)c2ccccc2O)CC1. The summed E-state index contributed by atoms with van der Waals surface area (Å²) in [6, 6.07) is 5.81. The van der Waals surface area contributed by atoms with E-state index in [9.17, 15) is 27.9 Å². The second-order valence-corrected chi connectivity index (χ2v) is 10.2. The van der Waals surface area contributed by atoms with E-state index in [1.807, 2.05) is 0 Å². The Kier molecular flexibility index (Phi) is 5.69. The first-order valence-electron chi connectivity index (χ1n) is 10.2. The van der Waals surface area contributed by atoms with Crippen molar-refractivity contribution in [2.75, 3.05) is 37.7 Å². The molecule has 1 atom stereocenters. The van der Waals surface area contributed by atoms with Gasteiger partial charge in [0.15, 0.2) is 9.84 Å². The van der Waals surface area contributed by atoms with Crippen LogP contribution in [0.25, 0.3) is 0 Å². The zero-order valence-electron chi connectivity index (χ0n) is 16.9. The lowest BCUT2D eigenvalue weighted by molar-refractivity contribution is -0.134. The number of hydrogen-bond acceptors (Lipinski definition) is 7. The van der Waals surface area contributed by atoms with E-state index in [-0.39, 0.29) is 59.1 Å². The lowest BCUT2D eigenvalue weighted by Gasteiger charge is -2.36. The standard InChI is InChI=1S/C20H24N4O6S/c25-17-4-2-1-3-15(17)19(27)22-8-10-23(11-9-22)20(28)16-5-6-18(26)24(21-16)14-7-12-31(29,30)13-14/h1-4,14,25H,5-13H2. The lowest BCUT2D eigenvalue weighted by Crippen LogP contribution is -2.53. The topological polar surface area (TPSA) is 128 Å². The summed E-state index contributed by atoms with van der Waals surface area (Å²) in [5, 5.41) is 15.3. The van der Waals surface area contributed by atoms with Crippen molar-refractivity contribution in [3.8, 4) is 5.75 Å². The number of carbonyl (C=O) groups is 3. The van der Waals surface area contributed by atoms with Crippen molar-refractivity contribution in [3.63, 3.8) is 0 Å². The highest BCUT2D eigenvalue weighted by Gasteiger charge is 2.38. The molecule has 2 saturated heterocycles. The second kappa shape index (κ2) is 8.29. The number of rotatable bonds is 3. The minimum Gasteiger partial charge on any atom is -0.507 e. The zero-order chi connectivity index (χ0) is 22.2. The first kappa shape index (κ1) is 21.3. The Morgan fingerprint density at radius 3 is 2.26 bits per heavy atom. The van der Waals surface area contributed by atoms with Gasteiger partial charge in [0.1, 0.15) is 11.5 Å². The Labute approximate surface area is 180 Å². The molecule has 0 saturated carbocycles. The first-order valence-corrected chi connectivity index (χ1v) is 12.0. The number of hydrazone groups is 1. The fraction of sp³-hybridized carbons (Fsp3) is 0.500. The van der Waals surface area contributed by atoms with Crippen LogP contribution in [-0.4, -0.2) is 95.5 Å². The van der Waals surface area contributed by atoms with Crippen LogP contribution in [0.2, 0.25) is 0 Å². The average molecular weight is 449 g/mol. The molecule has 2 fully saturated rings. The molecular formula is C20H24N4O6S. The number of phenolic OH excluding ortho intramolecular Hbond substituents is 1. The van der Waals surface area contributed by atoms with Gasteiger partial charge in [0.25, 0.3) is 11.8 Å². The molecule has 0 radical (unpaired) electrons. The Bertz CT molecular complexity index is 1050. The third kappa shape index (κ3) is 4.41. The Morgan fingerprint density at radius 2 is 1.65 bits per heavy atom. The van der Waals surface area contributed by atoms with Crippen LogP contribution in [0, 0.1) is 0 Å². The summed E-state index contributed by atoms with van der Waals surface area (Å²) >= 11 is 0. The van der Waals surface area contributed by atoms with Gasteiger partial charge in [0.05, 0.1) is 23.1 Å². The van der Waals surface area contributed by atoms with Crippen LogP contribution in [0.1, 0.15) is 29.6 Å². The first-order chi connectivity index (χ1) is 14.7. The average Bonchev–Trinajstić information content (AvgIpc) is 3.13. The fourth-order valence-electron chi connectivity index (χ4n) is 4.10. The molecule has 31 heavy (non-hydrogen) atoms. The fourth-order valence-corrected chi connectivity index (χ4v) is 5.79. The molecule has 166 valence electrons. The molecule has 0 bridgehead atoms. The minimum absolute atomic E-state index is 0.0210. The Balaban J connectivity index is 1.40. The molecular weight excluding hydrogens is 424 g/mol. The summed E-state index contributed by atoms with van der Waals surface area (Å²) in [6.07, 6.45) is 0.656. The van der Waals surface area contributed by atoms with E-state index in [1.165, 1.54) is 11.1 Å². The van der Waals surface area contributed by atoms with E-state index in [4.69, 9.17) is 0 Å². The highest BCUT2D eigenvalue weighted by molar-refractivity contribution is 7.91. The maximum atomic E-state index is 12.9. The van der Waals surface area contributed by atoms with Crippen molar-refractivity contribution in [2.24, 2.45) is 5.10 Å². The quantitative estimate of drug-likeness (QED) is 0.685. The van der Waals surface area contributed by atoms with Gasteiger partial charge >= 0.3 is 0 Å². The minimum atomic E-state index is -3.18. The third-order valence-electron chi connectivity index (χ3n) is 5.85. The Hall–Kier alpha value is -2.95. The number of carbonyl (C=O) groups excluding carboxylic acids is 3. The summed E-state index contributed by atoms with van der Waals surface area (Å²) in [7, 11) is -3.18. The molecule has 4 rings (SSSR count). The maximum absolute atomic E-state index is 12.9. The van der Waals surface area contributed by atoms with Gasteiger partial charge in [-0.2, -0.15) is 5.10 Å². The normalized spacial score (nSPS) is 23.6. The zero-order valence-corrected chi connectivity index (χ0v) is 17.8. The van der Waals surface area contributed by atoms with E-state index in [2.05, 4.69) is 5.10 Å². The molecule has 3 heterocycles. The van der Waals surface area contributed by atoms with Crippen LogP contribution in [0.4, 0.5) is 0 Å². The van der Waals surface area contributed by atoms with Gasteiger partial charge in [-0.15, -0.1) is 0 Å². The number of hydrogen-bond donors (Lipinski definition) is 1. The molecule has 3 amide bonds. The molecule has 11 heteroatoms. The molecule has 1 unspecified atom stereocenters. The molecule has 1 N–H and O–H groups in total. The highest BCUT2D eigenvalue weighted by atomic mass is 32.2. The van der Waals surface area contributed by atoms with Gasteiger partial charge in [0, 0.05) is 39.0 Å². The van der Waals surface area contributed by atoms with E-state index >= 15 is 0 Å². The number of amides is 3. The molecule has 3 aliphatic heterocycles. The number of nitrogens with zero attached hydrogens (tertiary/aromatic N) is 4. The second-order valence-electron chi connectivity index (χ2n) is 7.94. The Morgan fingerprint density at radius 1 is 1.00 bits per heavy atom. The smallest absolute Gasteiger partial charge is 0.270 e. The van der Waals surface area contributed by atoms with Crippen LogP contribution >= 0.6 is 0 Å². The summed E-state index contributed by atoms with van der Waals surface area (Å²) in [6.45, 7) is 1.25.